The number of benzene rings is 2. The van der Waals surface area contributed by atoms with Crippen LogP contribution in [0.25, 0.3) is 10.2 Å². The Morgan fingerprint density at radius 2 is 1.58 bits per heavy atom. The molecule has 0 bridgehead atoms. The molecule has 3 aromatic rings. The lowest BCUT2D eigenvalue weighted by Gasteiger charge is -2.25. The average Bonchev–Trinajstić information content (AvgIpc) is 3.28. The normalized spacial score (nSPS) is 11.0. The maximum Gasteiger partial charge on any atom is 0.260 e. The summed E-state index contributed by atoms with van der Waals surface area (Å²) in [4.78, 5) is 22.5. The van der Waals surface area contributed by atoms with Gasteiger partial charge in [-0.15, -0.1) is 0 Å². The van der Waals surface area contributed by atoms with Crippen LogP contribution in [0.15, 0.2) is 30.3 Å². The van der Waals surface area contributed by atoms with Gasteiger partial charge in [-0.25, -0.2) is 4.98 Å². The summed E-state index contributed by atoms with van der Waals surface area (Å²) in [6.07, 6.45) is 0. The van der Waals surface area contributed by atoms with Gasteiger partial charge in [0, 0.05) is 24.7 Å². The quantitative estimate of drug-likeness (QED) is 0.411. The van der Waals surface area contributed by atoms with Crippen LogP contribution in [0.4, 0.5) is 5.13 Å². The largest absolute Gasteiger partial charge is 0.497 e. The molecule has 2 aromatic carbocycles. The van der Waals surface area contributed by atoms with Gasteiger partial charge in [0.15, 0.2) is 16.6 Å². The summed E-state index contributed by atoms with van der Waals surface area (Å²) in [6.45, 7) is 7.24. The van der Waals surface area contributed by atoms with E-state index in [0.29, 0.717) is 34.5 Å². The minimum absolute atomic E-state index is 0.188. The number of aromatic nitrogens is 1. The molecule has 0 aliphatic heterocycles. The highest BCUT2D eigenvalue weighted by Gasteiger charge is 2.25. The van der Waals surface area contributed by atoms with Crippen LogP contribution in [0.5, 0.6) is 23.0 Å². The van der Waals surface area contributed by atoms with E-state index < -0.39 is 0 Å². The third kappa shape index (κ3) is 5.31. The molecular weight excluding hydrogens is 442 g/mol. The molecule has 1 aromatic heterocycles. The van der Waals surface area contributed by atoms with Gasteiger partial charge in [0.25, 0.3) is 5.91 Å². The molecule has 1 heterocycles. The molecule has 178 valence electrons. The summed E-state index contributed by atoms with van der Waals surface area (Å²) < 4.78 is 22.6. The van der Waals surface area contributed by atoms with Crippen LogP contribution < -0.4 is 23.8 Å². The van der Waals surface area contributed by atoms with E-state index in [0.717, 1.165) is 35.6 Å². The Morgan fingerprint density at radius 3 is 2.12 bits per heavy atom. The number of methoxy groups -OCH3 is 4. The molecule has 3 rings (SSSR count). The molecule has 0 aliphatic carbocycles. The van der Waals surface area contributed by atoms with Gasteiger partial charge in [0.05, 0.1) is 38.7 Å². The zero-order valence-electron chi connectivity index (χ0n) is 20.0. The molecule has 8 nitrogen and oxygen atoms in total. The fraction of sp³-hybridized carbons (Fsp3) is 0.417. The number of carbonyl (C=O) groups is 1. The Labute approximate surface area is 198 Å². The first-order chi connectivity index (χ1) is 16.0. The molecule has 0 atom stereocenters. The van der Waals surface area contributed by atoms with Crippen LogP contribution in [0, 0.1) is 0 Å². The third-order valence-corrected chi connectivity index (χ3v) is 6.56. The third-order valence-electron chi connectivity index (χ3n) is 5.51. The fourth-order valence-corrected chi connectivity index (χ4v) is 4.53. The summed E-state index contributed by atoms with van der Waals surface area (Å²) in [6, 6.07) is 9.07. The van der Waals surface area contributed by atoms with Crippen LogP contribution in [0.3, 0.4) is 0 Å². The first-order valence-electron chi connectivity index (χ1n) is 10.8. The average molecular weight is 474 g/mol. The summed E-state index contributed by atoms with van der Waals surface area (Å²) >= 11 is 1.47. The van der Waals surface area contributed by atoms with Gasteiger partial charge >= 0.3 is 0 Å². The van der Waals surface area contributed by atoms with Crippen molar-refractivity contribution in [1.29, 1.82) is 0 Å². The maximum absolute atomic E-state index is 13.8. The molecule has 0 N–H and O–H groups in total. The highest BCUT2D eigenvalue weighted by atomic mass is 32.1. The SMILES string of the molecule is CCN(CC)CCN(C(=O)c1cc(OC)c(OC)c(OC)c1)c1nc2cc(OC)ccc2s1. The predicted octanol–water partition coefficient (Wildman–Crippen LogP) is 4.32. The molecule has 33 heavy (non-hydrogen) atoms. The van der Waals surface area contributed by atoms with E-state index in [1.54, 1.807) is 24.1 Å². The summed E-state index contributed by atoms with van der Waals surface area (Å²) in [5.74, 6) is 1.84. The monoisotopic (exact) mass is 473 g/mol. The van der Waals surface area contributed by atoms with Crippen LogP contribution in [-0.4, -0.2) is 70.4 Å². The van der Waals surface area contributed by atoms with Crippen molar-refractivity contribution in [3.8, 4) is 23.0 Å². The maximum atomic E-state index is 13.8. The second kappa shape index (κ2) is 11.2. The van der Waals surface area contributed by atoms with Crippen molar-refractivity contribution < 1.29 is 23.7 Å². The van der Waals surface area contributed by atoms with Crippen molar-refractivity contribution in [1.82, 2.24) is 9.88 Å². The second-order valence-corrected chi connectivity index (χ2v) is 8.24. The molecule has 0 radical (unpaired) electrons. The van der Waals surface area contributed by atoms with Gasteiger partial charge in [-0.1, -0.05) is 25.2 Å². The van der Waals surface area contributed by atoms with Gasteiger partial charge in [0.2, 0.25) is 5.75 Å². The van der Waals surface area contributed by atoms with Crippen molar-refractivity contribution in [3.63, 3.8) is 0 Å². The molecule has 0 unspecified atom stereocenters. The van der Waals surface area contributed by atoms with Gasteiger partial charge in [-0.3, -0.25) is 9.69 Å². The molecule has 1 amide bonds. The summed E-state index contributed by atoms with van der Waals surface area (Å²) in [5, 5.41) is 0.629. The number of nitrogens with zero attached hydrogens (tertiary/aromatic N) is 3. The standard InChI is InChI=1S/C24H31N3O5S/c1-7-26(8-2)11-12-27(24-25-18-15-17(29-3)9-10-21(18)33-24)23(28)16-13-19(30-4)22(32-6)20(14-16)31-5/h9-10,13-15H,7-8,11-12H2,1-6H3. The first kappa shape index (κ1) is 24.6. The first-order valence-corrected chi connectivity index (χ1v) is 11.6. The van der Waals surface area contributed by atoms with Crippen molar-refractivity contribution in [3.05, 3.63) is 35.9 Å². The van der Waals surface area contributed by atoms with E-state index in [1.807, 2.05) is 18.2 Å². The van der Waals surface area contributed by atoms with Gasteiger partial charge in [-0.05, 0) is 37.4 Å². The molecule has 0 saturated carbocycles. The highest BCUT2D eigenvalue weighted by Crippen LogP contribution is 2.39. The van der Waals surface area contributed by atoms with Gasteiger partial charge < -0.3 is 23.8 Å². The van der Waals surface area contributed by atoms with Crippen LogP contribution in [0.2, 0.25) is 0 Å². The van der Waals surface area contributed by atoms with E-state index in [2.05, 4.69) is 18.7 Å². The van der Waals surface area contributed by atoms with Crippen molar-refractivity contribution in [2.45, 2.75) is 13.8 Å². The van der Waals surface area contributed by atoms with E-state index in [9.17, 15) is 4.79 Å². The number of hydrogen-bond acceptors (Lipinski definition) is 8. The number of ether oxygens (including phenoxy) is 4. The number of thiazole rings is 1. The lowest BCUT2D eigenvalue weighted by Crippen LogP contribution is -2.38. The summed E-state index contributed by atoms with van der Waals surface area (Å²) in [5.41, 5.74) is 1.22. The number of anilines is 1. The van der Waals surface area contributed by atoms with Crippen molar-refractivity contribution in [2.24, 2.45) is 0 Å². The zero-order chi connectivity index (χ0) is 24.0. The highest BCUT2D eigenvalue weighted by molar-refractivity contribution is 7.22. The topological polar surface area (TPSA) is 73.4 Å². The van der Waals surface area contributed by atoms with E-state index in [4.69, 9.17) is 23.9 Å². The van der Waals surface area contributed by atoms with Crippen molar-refractivity contribution in [2.75, 3.05) is 59.5 Å². The molecule has 9 heteroatoms. The Kier molecular flexibility index (Phi) is 8.35. The Hall–Kier alpha value is -3.04. The number of rotatable bonds is 11. The van der Waals surface area contributed by atoms with E-state index in [-0.39, 0.29) is 5.91 Å². The van der Waals surface area contributed by atoms with E-state index in [1.165, 1.54) is 32.7 Å². The lowest BCUT2D eigenvalue weighted by molar-refractivity contribution is 0.0983. The molecule has 0 saturated heterocycles. The molecule has 0 spiro atoms. The Bertz CT molecular complexity index is 1070. The number of hydrogen-bond donors (Lipinski definition) is 0. The number of fused-ring (bicyclic) bond motifs is 1. The Morgan fingerprint density at radius 1 is 0.909 bits per heavy atom. The predicted molar refractivity (Wildman–Crippen MR) is 132 cm³/mol. The molecule has 0 fully saturated rings. The fourth-order valence-electron chi connectivity index (χ4n) is 3.56. The van der Waals surface area contributed by atoms with Crippen LogP contribution >= 0.6 is 11.3 Å². The minimum atomic E-state index is -0.188. The lowest BCUT2D eigenvalue weighted by atomic mass is 10.1. The van der Waals surface area contributed by atoms with Crippen molar-refractivity contribution >= 4 is 32.6 Å². The number of likely N-dealkylation sites (N-methyl/N-ethyl adjacent to an activating group) is 1. The van der Waals surface area contributed by atoms with E-state index >= 15 is 0 Å². The Balaban J connectivity index is 2.05. The summed E-state index contributed by atoms with van der Waals surface area (Å²) in [7, 11) is 6.22. The number of amides is 1. The smallest absolute Gasteiger partial charge is 0.260 e. The van der Waals surface area contributed by atoms with Gasteiger partial charge in [-0.2, -0.15) is 0 Å². The zero-order valence-corrected chi connectivity index (χ0v) is 20.8. The van der Waals surface area contributed by atoms with Gasteiger partial charge in [0.1, 0.15) is 5.75 Å². The molecule has 0 aliphatic rings. The minimum Gasteiger partial charge on any atom is -0.497 e. The second-order valence-electron chi connectivity index (χ2n) is 7.23. The van der Waals surface area contributed by atoms with Crippen LogP contribution in [0.1, 0.15) is 24.2 Å². The van der Waals surface area contributed by atoms with Crippen LogP contribution in [-0.2, 0) is 0 Å². The molecular formula is C24H31N3O5S. The number of carbonyl (C=O) groups excluding carboxylic acids is 1.